The second-order valence-corrected chi connectivity index (χ2v) is 8.13. The number of aromatic nitrogens is 3. The summed E-state index contributed by atoms with van der Waals surface area (Å²) in [4.78, 5) is 13.1. The van der Waals surface area contributed by atoms with Crippen LogP contribution < -0.4 is 0 Å². The molecule has 0 aliphatic carbocycles. The van der Waals surface area contributed by atoms with Crippen LogP contribution in [-0.4, -0.2) is 25.8 Å². The maximum atomic E-state index is 13.1. The van der Waals surface area contributed by atoms with E-state index in [1.165, 1.54) is 11.8 Å². The summed E-state index contributed by atoms with van der Waals surface area (Å²) in [6.07, 6.45) is 3.23. The zero-order valence-electron chi connectivity index (χ0n) is 16.6. The molecule has 4 aromatic rings. The van der Waals surface area contributed by atoms with Crippen LogP contribution >= 0.6 is 11.8 Å². The van der Waals surface area contributed by atoms with E-state index >= 15 is 0 Å². The highest BCUT2D eigenvalue weighted by atomic mass is 32.2. The first-order chi connectivity index (χ1) is 13.9. The third-order valence-electron chi connectivity index (χ3n) is 4.88. The third kappa shape index (κ3) is 3.80. The van der Waals surface area contributed by atoms with E-state index in [0.29, 0.717) is 29.0 Å². The van der Waals surface area contributed by atoms with Gasteiger partial charge in [0.2, 0.25) is 0 Å². The molecule has 4 rings (SSSR count). The standard InChI is InChI=1S/C21H21N3O4S/c1-12-10-18(13(2)24(12)11-16-6-5-8-27-16)19(25)15(4)29-21-23-22-20(28-21)17-7-9-26-14(17)3/h5-10,15H,11H2,1-4H3/t15-/m0/s1. The van der Waals surface area contributed by atoms with E-state index in [1.807, 2.05) is 45.9 Å². The fourth-order valence-corrected chi connectivity index (χ4v) is 4.00. The molecule has 8 heteroatoms. The number of hydrogen-bond acceptors (Lipinski definition) is 7. The lowest BCUT2D eigenvalue weighted by Gasteiger charge is -2.10. The Hall–Kier alpha value is -3.00. The van der Waals surface area contributed by atoms with Crippen LogP contribution in [0.4, 0.5) is 0 Å². The Kier molecular flexibility index (Phi) is 5.19. The molecule has 150 valence electrons. The molecular formula is C21H21N3O4S. The summed E-state index contributed by atoms with van der Waals surface area (Å²) in [6, 6.07) is 7.48. The molecule has 0 radical (unpaired) electrons. The van der Waals surface area contributed by atoms with Crippen LogP contribution in [0.25, 0.3) is 11.5 Å². The van der Waals surface area contributed by atoms with E-state index in [1.54, 1.807) is 18.6 Å². The quantitative estimate of drug-likeness (QED) is 0.310. The molecule has 0 spiro atoms. The van der Waals surface area contributed by atoms with Gasteiger partial charge in [-0.15, -0.1) is 10.2 Å². The number of rotatable bonds is 7. The molecule has 0 aromatic carbocycles. The van der Waals surface area contributed by atoms with Crippen molar-refractivity contribution < 1.29 is 18.0 Å². The monoisotopic (exact) mass is 411 g/mol. The Balaban J connectivity index is 1.50. The van der Waals surface area contributed by atoms with Crippen molar-refractivity contribution in [2.24, 2.45) is 0 Å². The van der Waals surface area contributed by atoms with Gasteiger partial charge in [0.05, 0.1) is 29.9 Å². The minimum Gasteiger partial charge on any atom is -0.469 e. The second-order valence-electron chi connectivity index (χ2n) is 6.84. The summed E-state index contributed by atoms with van der Waals surface area (Å²) < 4.78 is 18.5. The summed E-state index contributed by atoms with van der Waals surface area (Å²) in [5.74, 6) is 1.96. The van der Waals surface area contributed by atoms with Crippen LogP contribution in [0.1, 0.15) is 40.2 Å². The highest BCUT2D eigenvalue weighted by Gasteiger charge is 2.24. The Morgan fingerprint density at radius 1 is 1.17 bits per heavy atom. The summed E-state index contributed by atoms with van der Waals surface area (Å²) in [5.41, 5.74) is 3.37. The van der Waals surface area contributed by atoms with Crippen LogP contribution in [0.3, 0.4) is 0 Å². The zero-order chi connectivity index (χ0) is 20.5. The largest absolute Gasteiger partial charge is 0.469 e. The first-order valence-electron chi connectivity index (χ1n) is 9.22. The molecule has 0 fully saturated rings. The maximum Gasteiger partial charge on any atom is 0.277 e. The van der Waals surface area contributed by atoms with Gasteiger partial charge in [-0.1, -0.05) is 11.8 Å². The Morgan fingerprint density at radius 2 is 2.00 bits per heavy atom. The van der Waals surface area contributed by atoms with Crippen LogP contribution in [0.5, 0.6) is 0 Å². The van der Waals surface area contributed by atoms with Gasteiger partial charge in [0.15, 0.2) is 5.78 Å². The Bertz CT molecular complexity index is 1140. The van der Waals surface area contributed by atoms with Gasteiger partial charge in [-0.2, -0.15) is 0 Å². The van der Waals surface area contributed by atoms with Gasteiger partial charge in [0.25, 0.3) is 11.1 Å². The molecule has 7 nitrogen and oxygen atoms in total. The molecule has 0 amide bonds. The second kappa shape index (κ2) is 7.79. The van der Waals surface area contributed by atoms with Crippen LogP contribution in [0.15, 0.2) is 55.3 Å². The van der Waals surface area contributed by atoms with Crippen molar-refractivity contribution in [3.05, 3.63) is 65.3 Å². The third-order valence-corrected chi connectivity index (χ3v) is 5.81. The minimum atomic E-state index is -0.369. The predicted molar refractivity (Wildman–Crippen MR) is 108 cm³/mol. The first-order valence-corrected chi connectivity index (χ1v) is 10.1. The van der Waals surface area contributed by atoms with Gasteiger partial charge in [0.1, 0.15) is 11.5 Å². The SMILES string of the molecule is Cc1occc1-c1nnc(S[C@@H](C)C(=O)c2cc(C)n(Cc3ccco3)c2C)o1. The fourth-order valence-electron chi connectivity index (χ4n) is 3.25. The molecule has 0 aliphatic rings. The number of ketones is 1. The topological polar surface area (TPSA) is 87.2 Å². The van der Waals surface area contributed by atoms with Gasteiger partial charge in [-0.05, 0) is 52.0 Å². The molecule has 0 N–H and O–H groups in total. The van der Waals surface area contributed by atoms with Gasteiger partial charge in [-0.3, -0.25) is 4.79 Å². The van der Waals surface area contributed by atoms with Crippen molar-refractivity contribution in [3.63, 3.8) is 0 Å². The van der Waals surface area contributed by atoms with Crippen molar-refractivity contribution >= 4 is 17.5 Å². The van der Waals surface area contributed by atoms with E-state index in [9.17, 15) is 4.79 Å². The van der Waals surface area contributed by atoms with E-state index in [4.69, 9.17) is 13.3 Å². The lowest BCUT2D eigenvalue weighted by Crippen LogP contribution is -2.15. The van der Waals surface area contributed by atoms with E-state index in [-0.39, 0.29) is 11.0 Å². The van der Waals surface area contributed by atoms with Crippen LogP contribution in [0, 0.1) is 20.8 Å². The van der Waals surface area contributed by atoms with Crippen molar-refractivity contribution in [2.45, 2.75) is 44.7 Å². The number of carbonyl (C=O) groups is 1. The molecule has 4 heterocycles. The van der Waals surface area contributed by atoms with Gasteiger partial charge in [0, 0.05) is 17.0 Å². The van der Waals surface area contributed by atoms with Crippen LogP contribution in [0.2, 0.25) is 0 Å². The lowest BCUT2D eigenvalue weighted by molar-refractivity contribution is 0.0993. The van der Waals surface area contributed by atoms with E-state index in [2.05, 4.69) is 14.8 Å². The number of furan rings is 2. The number of carbonyl (C=O) groups excluding carboxylic acids is 1. The molecule has 0 aliphatic heterocycles. The normalized spacial score (nSPS) is 12.4. The summed E-state index contributed by atoms with van der Waals surface area (Å²) in [7, 11) is 0. The highest BCUT2D eigenvalue weighted by Crippen LogP contribution is 2.30. The average Bonchev–Trinajstić information content (AvgIpc) is 3.47. The minimum absolute atomic E-state index is 0.0213. The van der Waals surface area contributed by atoms with E-state index in [0.717, 1.165) is 22.7 Å². The fraction of sp³-hybridized carbons (Fsp3) is 0.286. The van der Waals surface area contributed by atoms with Crippen molar-refractivity contribution in [1.29, 1.82) is 0 Å². The molecule has 0 saturated heterocycles. The molecule has 0 bridgehead atoms. The van der Waals surface area contributed by atoms with E-state index < -0.39 is 0 Å². The maximum absolute atomic E-state index is 13.1. The molecule has 4 aromatic heterocycles. The number of nitrogens with zero attached hydrogens (tertiary/aromatic N) is 3. The number of aryl methyl sites for hydroxylation is 2. The Morgan fingerprint density at radius 3 is 2.69 bits per heavy atom. The summed E-state index contributed by atoms with van der Waals surface area (Å²) in [5, 5.41) is 8.10. The molecular weight excluding hydrogens is 390 g/mol. The van der Waals surface area contributed by atoms with Crippen molar-refractivity contribution in [3.8, 4) is 11.5 Å². The number of Topliss-reactive ketones (excluding diaryl/α,β-unsaturated/α-hetero) is 1. The molecule has 1 atom stereocenters. The van der Waals surface area contributed by atoms with Gasteiger partial charge < -0.3 is 17.8 Å². The molecule has 0 unspecified atom stereocenters. The lowest BCUT2D eigenvalue weighted by atomic mass is 10.1. The molecule has 29 heavy (non-hydrogen) atoms. The average molecular weight is 411 g/mol. The summed E-state index contributed by atoms with van der Waals surface area (Å²) >= 11 is 1.25. The zero-order valence-corrected chi connectivity index (χ0v) is 17.4. The van der Waals surface area contributed by atoms with Gasteiger partial charge in [-0.25, -0.2) is 0 Å². The van der Waals surface area contributed by atoms with Gasteiger partial charge >= 0.3 is 0 Å². The van der Waals surface area contributed by atoms with Crippen molar-refractivity contribution in [1.82, 2.24) is 14.8 Å². The molecule has 0 saturated carbocycles. The summed E-state index contributed by atoms with van der Waals surface area (Å²) in [6.45, 7) is 8.21. The van der Waals surface area contributed by atoms with Crippen molar-refractivity contribution in [2.75, 3.05) is 0 Å². The Labute approximate surface area is 172 Å². The predicted octanol–water partition coefficient (Wildman–Crippen LogP) is 5.06. The first kappa shape index (κ1) is 19.3. The highest BCUT2D eigenvalue weighted by molar-refractivity contribution is 8.00. The number of hydrogen-bond donors (Lipinski definition) is 0. The smallest absolute Gasteiger partial charge is 0.277 e. The number of thioether (sulfide) groups is 1. The van der Waals surface area contributed by atoms with Crippen LogP contribution in [-0.2, 0) is 6.54 Å².